The molecule has 1 aliphatic rings. The molecule has 1 saturated heterocycles. The summed E-state index contributed by atoms with van der Waals surface area (Å²) in [5.74, 6) is 1.35. The van der Waals surface area contributed by atoms with E-state index in [-0.39, 0.29) is 11.7 Å². The summed E-state index contributed by atoms with van der Waals surface area (Å²) in [6.45, 7) is 3.38. The van der Waals surface area contributed by atoms with Gasteiger partial charge in [0.15, 0.2) is 0 Å². The number of aromatic hydroxyl groups is 1. The lowest BCUT2D eigenvalue weighted by atomic mass is 10.1. The normalized spacial score (nSPS) is 19.2. The highest BCUT2D eigenvalue weighted by Gasteiger charge is 2.26. The van der Waals surface area contributed by atoms with Crippen molar-refractivity contribution in [3.8, 4) is 5.75 Å². The van der Waals surface area contributed by atoms with Crippen molar-refractivity contribution >= 4 is 17.5 Å². The van der Waals surface area contributed by atoms with E-state index in [0.717, 1.165) is 31.5 Å². The zero-order valence-electron chi connectivity index (χ0n) is 10.5. The quantitative estimate of drug-likeness (QED) is 0.856. The maximum Gasteiger partial charge on any atom is 0.253 e. The Kier molecular flexibility index (Phi) is 4.12. The van der Waals surface area contributed by atoms with Crippen LogP contribution in [-0.4, -0.2) is 34.9 Å². The lowest BCUT2D eigenvalue weighted by molar-refractivity contribution is 0.0786. The maximum atomic E-state index is 12.2. The predicted molar refractivity (Wildman–Crippen MR) is 72.2 cm³/mol. The Morgan fingerprint density at radius 2 is 2.33 bits per heavy atom. The van der Waals surface area contributed by atoms with Crippen LogP contribution in [0.25, 0.3) is 0 Å². The fraction of sp³-hybridized carbons (Fsp3) is 0.500. The van der Waals surface area contributed by atoms with Crippen LogP contribution in [0.1, 0.15) is 28.8 Å². The fourth-order valence-corrected chi connectivity index (χ4v) is 2.64. The molecule has 4 heteroatoms. The Morgan fingerprint density at radius 1 is 1.56 bits per heavy atom. The highest BCUT2D eigenvalue weighted by molar-refractivity contribution is 6.17. The van der Waals surface area contributed by atoms with Crippen LogP contribution in [-0.2, 0) is 0 Å². The van der Waals surface area contributed by atoms with Crippen LogP contribution in [0.4, 0.5) is 0 Å². The van der Waals surface area contributed by atoms with Crippen molar-refractivity contribution in [1.82, 2.24) is 4.90 Å². The third-order valence-corrected chi connectivity index (χ3v) is 3.76. The minimum Gasteiger partial charge on any atom is -0.508 e. The lowest BCUT2D eigenvalue weighted by Crippen LogP contribution is -2.28. The molecule has 1 unspecified atom stereocenters. The van der Waals surface area contributed by atoms with E-state index in [1.807, 2.05) is 11.8 Å². The largest absolute Gasteiger partial charge is 0.508 e. The monoisotopic (exact) mass is 267 g/mol. The molecular formula is C14H18ClNO2. The van der Waals surface area contributed by atoms with Crippen LogP contribution >= 0.6 is 11.6 Å². The molecule has 2 rings (SSSR count). The minimum atomic E-state index is 0.00220. The van der Waals surface area contributed by atoms with Crippen LogP contribution in [0, 0.1) is 12.8 Å². The molecule has 98 valence electrons. The summed E-state index contributed by atoms with van der Waals surface area (Å²) in [5.41, 5.74) is 1.35. The number of hydrogen-bond donors (Lipinski definition) is 1. The van der Waals surface area contributed by atoms with Gasteiger partial charge in [-0.2, -0.15) is 0 Å². The molecule has 1 aliphatic heterocycles. The summed E-state index contributed by atoms with van der Waals surface area (Å²) in [6.07, 6.45) is 1.99. The molecule has 0 saturated carbocycles. The first-order valence-corrected chi connectivity index (χ1v) is 6.80. The maximum absolute atomic E-state index is 12.2. The van der Waals surface area contributed by atoms with Crippen molar-refractivity contribution in [3.63, 3.8) is 0 Å². The Labute approximate surface area is 112 Å². The van der Waals surface area contributed by atoms with Crippen molar-refractivity contribution in [3.05, 3.63) is 29.3 Å². The van der Waals surface area contributed by atoms with E-state index in [4.69, 9.17) is 11.6 Å². The van der Waals surface area contributed by atoms with Crippen molar-refractivity contribution in [2.45, 2.75) is 19.8 Å². The summed E-state index contributed by atoms with van der Waals surface area (Å²) in [4.78, 5) is 14.1. The molecule has 1 aromatic rings. The van der Waals surface area contributed by atoms with Gasteiger partial charge in [-0.25, -0.2) is 0 Å². The number of likely N-dealkylation sites (tertiary alicyclic amines) is 1. The van der Waals surface area contributed by atoms with Gasteiger partial charge in [0.1, 0.15) is 5.75 Å². The van der Waals surface area contributed by atoms with Crippen LogP contribution in [0.15, 0.2) is 18.2 Å². The summed E-state index contributed by atoms with van der Waals surface area (Å²) in [5, 5.41) is 9.64. The van der Waals surface area contributed by atoms with Gasteiger partial charge in [0, 0.05) is 24.5 Å². The predicted octanol–water partition coefficient (Wildman–Crippen LogP) is 2.79. The van der Waals surface area contributed by atoms with Gasteiger partial charge in [-0.15, -0.1) is 11.6 Å². The number of benzene rings is 1. The van der Waals surface area contributed by atoms with Crippen molar-refractivity contribution < 1.29 is 9.90 Å². The van der Waals surface area contributed by atoms with Gasteiger partial charge in [0.25, 0.3) is 5.91 Å². The van der Waals surface area contributed by atoms with E-state index in [1.54, 1.807) is 18.2 Å². The molecule has 1 heterocycles. The summed E-state index contributed by atoms with van der Waals surface area (Å²) in [6, 6.07) is 5.09. The van der Waals surface area contributed by atoms with Gasteiger partial charge in [-0.05, 0) is 43.4 Å². The first-order valence-electron chi connectivity index (χ1n) is 6.26. The Bertz CT molecular complexity index is 447. The van der Waals surface area contributed by atoms with Crippen LogP contribution in [0.2, 0.25) is 0 Å². The van der Waals surface area contributed by atoms with Crippen molar-refractivity contribution in [2.75, 3.05) is 19.0 Å². The third kappa shape index (κ3) is 2.78. The van der Waals surface area contributed by atoms with Gasteiger partial charge < -0.3 is 10.0 Å². The van der Waals surface area contributed by atoms with Gasteiger partial charge in [0.05, 0.1) is 0 Å². The molecule has 1 N–H and O–H groups in total. The molecule has 1 amide bonds. The van der Waals surface area contributed by atoms with Crippen molar-refractivity contribution in [2.24, 2.45) is 5.92 Å². The average Bonchev–Trinajstić information content (AvgIpc) is 2.81. The van der Waals surface area contributed by atoms with Gasteiger partial charge in [-0.3, -0.25) is 4.79 Å². The molecule has 0 radical (unpaired) electrons. The molecule has 3 nitrogen and oxygen atoms in total. The number of phenols is 1. The van der Waals surface area contributed by atoms with E-state index >= 15 is 0 Å². The molecule has 0 bridgehead atoms. The summed E-state index contributed by atoms with van der Waals surface area (Å²) >= 11 is 5.73. The average molecular weight is 268 g/mol. The number of aryl methyl sites for hydroxylation is 1. The van der Waals surface area contributed by atoms with E-state index in [0.29, 0.717) is 17.4 Å². The number of rotatable bonds is 3. The number of halogens is 1. The van der Waals surface area contributed by atoms with Crippen LogP contribution in [0.3, 0.4) is 0 Å². The van der Waals surface area contributed by atoms with E-state index in [9.17, 15) is 9.90 Å². The molecule has 1 atom stereocenters. The van der Waals surface area contributed by atoms with E-state index < -0.39 is 0 Å². The number of phenolic OH excluding ortho intramolecular Hbond substituents is 1. The SMILES string of the molecule is Cc1ccc(C(=O)N2CCC(CCCl)C2)cc1O. The second-order valence-corrected chi connectivity index (χ2v) is 5.26. The smallest absolute Gasteiger partial charge is 0.253 e. The first-order chi connectivity index (χ1) is 8.61. The van der Waals surface area contributed by atoms with Gasteiger partial charge in [0.2, 0.25) is 0 Å². The lowest BCUT2D eigenvalue weighted by Gasteiger charge is -2.16. The molecule has 1 aromatic carbocycles. The summed E-state index contributed by atoms with van der Waals surface area (Å²) < 4.78 is 0. The summed E-state index contributed by atoms with van der Waals surface area (Å²) in [7, 11) is 0. The number of carbonyl (C=O) groups is 1. The Hall–Kier alpha value is -1.22. The molecule has 18 heavy (non-hydrogen) atoms. The Morgan fingerprint density at radius 3 is 3.00 bits per heavy atom. The molecule has 0 aliphatic carbocycles. The molecule has 1 fully saturated rings. The highest BCUT2D eigenvalue weighted by atomic mass is 35.5. The highest BCUT2D eigenvalue weighted by Crippen LogP contribution is 2.24. The Balaban J connectivity index is 2.05. The van der Waals surface area contributed by atoms with Crippen LogP contribution < -0.4 is 0 Å². The number of hydrogen-bond acceptors (Lipinski definition) is 2. The number of amides is 1. The topological polar surface area (TPSA) is 40.5 Å². The molecule has 0 aromatic heterocycles. The van der Waals surface area contributed by atoms with Crippen LogP contribution in [0.5, 0.6) is 5.75 Å². The van der Waals surface area contributed by atoms with E-state index in [1.165, 1.54) is 0 Å². The number of carbonyl (C=O) groups excluding carboxylic acids is 1. The van der Waals surface area contributed by atoms with Crippen molar-refractivity contribution in [1.29, 1.82) is 0 Å². The zero-order valence-corrected chi connectivity index (χ0v) is 11.3. The minimum absolute atomic E-state index is 0.00220. The fourth-order valence-electron chi connectivity index (χ4n) is 2.33. The molecule has 0 spiro atoms. The molecular weight excluding hydrogens is 250 g/mol. The van der Waals surface area contributed by atoms with Gasteiger partial charge in [-0.1, -0.05) is 6.07 Å². The number of nitrogens with zero attached hydrogens (tertiary/aromatic N) is 1. The third-order valence-electron chi connectivity index (χ3n) is 3.55. The van der Waals surface area contributed by atoms with Gasteiger partial charge >= 0.3 is 0 Å². The number of alkyl halides is 1. The first kappa shape index (κ1) is 13.2. The second-order valence-electron chi connectivity index (χ2n) is 4.88. The van der Waals surface area contributed by atoms with E-state index in [2.05, 4.69) is 0 Å². The zero-order chi connectivity index (χ0) is 13.1. The second kappa shape index (κ2) is 5.61. The standard InChI is InChI=1S/C14H18ClNO2/c1-10-2-3-12(8-13(10)17)14(18)16-7-5-11(9-16)4-6-15/h2-3,8,11,17H,4-7,9H2,1H3.